The van der Waals surface area contributed by atoms with Gasteiger partial charge in [-0.1, -0.05) is 0 Å². The molecule has 7 nitrogen and oxygen atoms in total. The van der Waals surface area contributed by atoms with E-state index in [0.29, 0.717) is 6.61 Å². The van der Waals surface area contributed by atoms with Gasteiger partial charge >= 0.3 is 0 Å². The normalized spacial score (nSPS) is 44.8. The molecule has 21 heavy (non-hydrogen) atoms. The van der Waals surface area contributed by atoms with Gasteiger partial charge < -0.3 is 28.4 Å². The second-order valence-corrected chi connectivity index (χ2v) is 6.46. The first-order chi connectivity index (χ1) is 9.72. The summed E-state index contributed by atoms with van der Waals surface area (Å²) in [5, 5.41) is 0. The van der Waals surface area contributed by atoms with Crippen LogP contribution in [0, 0.1) is 0 Å². The van der Waals surface area contributed by atoms with Crippen LogP contribution in [0.1, 0.15) is 27.7 Å². The number of Topliss-reactive ketones (excluding diaryl/α,β-unsaturated/α-hetero) is 1. The maximum absolute atomic E-state index is 12.5. The molecule has 5 atom stereocenters. The molecule has 0 radical (unpaired) electrons. The fourth-order valence-electron chi connectivity index (χ4n) is 2.99. The molecule has 3 aliphatic heterocycles. The zero-order valence-corrected chi connectivity index (χ0v) is 13.0. The average molecular weight is 302 g/mol. The average Bonchev–Trinajstić information content (AvgIpc) is 2.67. The summed E-state index contributed by atoms with van der Waals surface area (Å²) < 4.78 is 34.0. The van der Waals surface area contributed by atoms with Crippen LogP contribution in [0.15, 0.2) is 0 Å². The van der Waals surface area contributed by atoms with Crippen LogP contribution in [0.5, 0.6) is 0 Å². The number of carbonyl (C=O) groups is 1. The molecule has 3 aliphatic rings. The third kappa shape index (κ3) is 2.74. The topological polar surface area (TPSA) is 72.5 Å². The molecular formula is C14H22O7. The molecule has 0 amide bonds. The first kappa shape index (κ1) is 15.3. The first-order valence-electron chi connectivity index (χ1n) is 7.12. The van der Waals surface area contributed by atoms with E-state index in [1.54, 1.807) is 13.8 Å². The number of methoxy groups -OCH3 is 1. The minimum Gasteiger partial charge on any atom is -0.349 e. The molecule has 3 rings (SSSR count). The van der Waals surface area contributed by atoms with Crippen LogP contribution < -0.4 is 0 Å². The Morgan fingerprint density at radius 3 is 2.38 bits per heavy atom. The Hall–Kier alpha value is -0.570. The first-order valence-corrected chi connectivity index (χ1v) is 7.12. The van der Waals surface area contributed by atoms with Crippen LogP contribution in [0.25, 0.3) is 0 Å². The van der Waals surface area contributed by atoms with E-state index >= 15 is 0 Å². The van der Waals surface area contributed by atoms with E-state index < -0.39 is 42.3 Å². The molecule has 7 heteroatoms. The van der Waals surface area contributed by atoms with E-state index in [4.69, 9.17) is 28.4 Å². The molecule has 0 aromatic rings. The Morgan fingerprint density at radius 1 is 1.05 bits per heavy atom. The highest BCUT2D eigenvalue weighted by molar-refractivity contribution is 5.87. The van der Waals surface area contributed by atoms with Gasteiger partial charge in [0.2, 0.25) is 12.1 Å². The Bertz CT molecular complexity index is 433. The van der Waals surface area contributed by atoms with Gasteiger partial charge in [0.15, 0.2) is 17.7 Å². The minimum atomic E-state index is -1.00. The van der Waals surface area contributed by atoms with Crippen LogP contribution in [0.4, 0.5) is 0 Å². The van der Waals surface area contributed by atoms with Crippen molar-refractivity contribution < 1.29 is 33.2 Å². The number of ketones is 1. The summed E-state index contributed by atoms with van der Waals surface area (Å²) in [7, 11) is 1.42. The summed E-state index contributed by atoms with van der Waals surface area (Å²) >= 11 is 0. The van der Waals surface area contributed by atoms with E-state index in [0.717, 1.165) is 0 Å². The second-order valence-electron chi connectivity index (χ2n) is 6.46. The zero-order valence-electron chi connectivity index (χ0n) is 13.0. The van der Waals surface area contributed by atoms with Crippen molar-refractivity contribution in [1.29, 1.82) is 0 Å². The van der Waals surface area contributed by atoms with Crippen molar-refractivity contribution in [2.75, 3.05) is 13.7 Å². The monoisotopic (exact) mass is 302 g/mol. The lowest BCUT2D eigenvalue weighted by molar-refractivity contribution is -0.335. The van der Waals surface area contributed by atoms with Crippen molar-refractivity contribution in [2.45, 2.75) is 70.0 Å². The molecule has 0 aromatic heterocycles. The molecular weight excluding hydrogens is 280 g/mol. The highest BCUT2D eigenvalue weighted by atomic mass is 16.8. The van der Waals surface area contributed by atoms with Gasteiger partial charge in [0.25, 0.3) is 0 Å². The fraction of sp³-hybridized carbons (Fsp3) is 0.929. The van der Waals surface area contributed by atoms with E-state index in [1.807, 2.05) is 13.8 Å². The molecule has 2 unspecified atom stereocenters. The lowest BCUT2D eigenvalue weighted by Gasteiger charge is -2.42. The third-order valence-corrected chi connectivity index (χ3v) is 3.86. The molecule has 3 heterocycles. The van der Waals surface area contributed by atoms with Crippen molar-refractivity contribution in [3.63, 3.8) is 0 Å². The van der Waals surface area contributed by atoms with Crippen LogP contribution in [0.2, 0.25) is 0 Å². The molecule has 0 aliphatic carbocycles. The van der Waals surface area contributed by atoms with Gasteiger partial charge in [-0.25, -0.2) is 0 Å². The molecule has 0 bridgehead atoms. The summed E-state index contributed by atoms with van der Waals surface area (Å²) in [4.78, 5) is 12.5. The number of hydrogen-bond donors (Lipinski definition) is 0. The van der Waals surface area contributed by atoms with Crippen molar-refractivity contribution in [3.8, 4) is 0 Å². The molecule has 3 fully saturated rings. The number of fused-ring (bicyclic) bond motifs is 3. The Balaban J connectivity index is 1.94. The predicted molar refractivity (Wildman–Crippen MR) is 69.4 cm³/mol. The smallest absolute Gasteiger partial charge is 0.220 e. The number of rotatable bonds is 1. The maximum atomic E-state index is 12.5. The predicted octanol–water partition coefficient (Wildman–Crippen LogP) is 0.598. The molecule has 0 aromatic carbocycles. The summed E-state index contributed by atoms with van der Waals surface area (Å²) in [6.45, 7) is 7.49. The van der Waals surface area contributed by atoms with Gasteiger partial charge in [-0.3, -0.25) is 4.79 Å². The Kier molecular flexibility index (Phi) is 3.63. The van der Waals surface area contributed by atoms with E-state index in [2.05, 4.69) is 0 Å². The summed E-state index contributed by atoms with van der Waals surface area (Å²) in [6.07, 6.45) is -3.21. The van der Waals surface area contributed by atoms with E-state index in [-0.39, 0.29) is 5.78 Å². The lowest BCUT2D eigenvalue weighted by atomic mass is 10.0. The maximum Gasteiger partial charge on any atom is 0.220 e. The highest BCUT2D eigenvalue weighted by Crippen LogP contribution is 2.39. The zero-order chi connectivity index (χ0) is 15.4. The highest BCUT2D eigenvalue weighted by Gasteiger charge is 2.58. The number of carbonyl (C=O) groups excluding carboxylic acids is 1. The van der Waals surface area contributed by atoms with Crippen LogP contribution in [0.3, 0.4) is 0 Å². The molecule has 0 saturated carbocycles. The van der Waals surface area contributed by atoms with E-state index in [9.17, 15) is 4.79 Å². The van der Waals surface area contributed by atoms with Crippen LogP contribution in [-0.2, 0) is 33.2 Å². The largest absolute Gasteiger partial charge is 0.349 e. The Labute approximate surface area is 123 Å². The summed E-state index contributed by atoms with van der Waals surface area (Å²) in [5.41, 5.74) is 0. The Morgan fingerprint density at radius 2 is 1.71 bits per heavy atom. The number of hydrogen-bond acceptors (Lipinski definition) is 7. The van der Waals surface area contributed by atoms with E-state index in [1.165, 1.54) is 7.11 Å². The second kappa shape index (κ2) is 4.97. The summed E-state index contributed by atoms with van der Waals surface area (Å²) in [6, 6.07) is 0. The SMILES string of the molecule is CO[C@H]1OC2COC(C)(C)O[C@H]2[C@@H]2OC(C)(C)OC2C1=O. The van der Waals surface area contributed by atoms with Crippen molar-refractivity contribution in [1.82, 2.24) is 0 Å². The molecule has 3 saturated heterocycles. The van der Waals surface area contributed by atoms with Gasteiger partial charge in [-0.05, 0) is 27.7 Å². The van der Waals surface area contributed by atoms with Crippen LogP contribution >= 0.6 is 0 Å². The molecule has 120 valence electrons. The van der Waals surface area contributed by atoms with Gasteiger partial charge in [0.1, 0.15) is 18.3 Å². The van der Waals surface area contributed by atoms with Crippen molar-refractivity contribution >= 4 is 5.78 Å². The standard InChI is InChI=1S/C14H22O7/c1-13(2)17-6-7-9(19-13)11-10(20-14(3,4)21-11)8(15)12(16-5)18-7/h7,9-12H,6H2,1-5H3/t7?,9-,10?,11+,12+/m1/s1. The lowest BCUT2D eigenvalue weighted by Crippen LogP contribution is -2.55. The third-order valence-electron chi connectivity index (χ3n) is 3.86. The van der Waals surface area contributed by atoms with Gasteiger partial charge in [0, 0.05) is 7.11 Å². The molecule has 0 N–H and O–H groups in total. The quantitative estimate of drug-likeness (QED) is 0.702. The van der Waals surface area contributed by atoms with Crippen LogP contribution in [-0.4, -0.2) is 61.8 Å². The van der Waals surface area contributed by atoms with Gasteiger partial charge in [0.05, 0.1) is 6.61 Å². The van der Waals surface area contributed by atoms with Gasteiger partial charge in [-0.2, -0.15) is 0 Å². The molecule has 0 spiro atoms. The van der Waals surface area contributed by atoms with Crippen molar-refractivity contribution in [3.05, 3.63) is 0 Å². The van der Waals surface area contributed by atoms with Crippen molar-refractivity contribution in [2.24, 2.45) is 0 Å². The fourth-order valence-corrected chi connectivity index (χ4v) is 2.99. The number of ether oxygens (including phenoxy) is 6. The summed E-state index contributed by atoms with van der Waals surface area (Å²) in [5.74, 6) is -1.90. The van der Waals surface area contributed by atoms with Gasteiger partial charge in [-0.15, -0.1) is 0 Å². The minimum absolute atomic E-state index is 0.288.